The fourth-order valence-electron chi connectivity index (χ4n) is 8.00. The number of ketones is 1. The molecule has 0 spiro atoms. The summed E-state index contributed by atoms with van der Waals surface area (Å²) in [6.45, 7) is 8.49. The number of carbonyl (C=O) groups is 2. The minimum Gasteiger partial charge on any atom is -0.459 e. The van der Waals surface area contributed by atoms with Crippen LogP contribution in [0, 0.1) is 28.6 Å². The number of fused-ring (bicyclic) bond motifs is 8. The topological polar surface area (TPSA) is 55.9 Å². The minimum atomic E-state index is -0.321. The monoisotopic (exact) mass is 372 g/mol. The van der Waals surface area contributed by atoms with E-state index in [1.807, 2.05) is 6.08 Å². The van der Waals surface area contributed by atoms with Crippen LogP contribution in [-0.2, 0) is 19.1 Å². The van der Waals surface area contributed by atoms with Gasteiger partial charge in [0.25, 0.3) is 0 Å². The Bertz CT molecular complexity index is 741. The molecule has 0 N–H and O–H groups in total. The van der Waals surface area contributed by atoms with Crippen LogP contribution in [0.25, 0.3) is 0 Å². The zero-order valence-electron chi connectivity index (χ0n) is 17.0. The van der Waals surface area contributed by atoms with Crippen LogP contribution < -0.4 is 0 Å². The fraction of sp³-hybridized carbons (Fsp3) is 0.826. The average molecular weight is 373 g/mol. The van der Waals surface area contributed by atoms with Gasteiger partial charge in [-0.05, 0) is 73.3 Å². The summed E-state index contributed by atoms with van der Waals surface area (Å²) in [6, 6.07) is 0. The maximum Gasteiger partial charge on any atom is 0.303 e. The van der Waals surface area contributed by atoms with Crippen LogP contribution in [0.4, 0.5) is 0 Å². The molecule has 4 fully saturated rings. The third-order valence-corrected chi connectivity index (χ3v) is 9.43. The Morgan fingerprint density at radius 2 is 1.96 bits per heavy atom. The maximum absolute atomic E-state index is 12.1. The molecule has 0 aromatic heterocycles. The molecular weight excluding hydrogens is 340 g/mol. The largest absolute Gasteiger partial charge is 0.459 e. The summed E-state index contributed by atoms with van der Waals surface area (Å²) in [4.78, 5) is 24.0. The van der Waals surface area contributed by atoms with Gasteiger partial charge in [-0.3, -0.25) is 9.59 Å². The Morgan fingerprint density at radius 1 is 1.22 bits per heavy atom. The molecule has 1 saturated heterocycles. The number of esters is 1. The van der Waals surface area contributed by atoms with Gasteiger partial charge in [-0.2, -0.15) is 0 Å². The molecular formula is C23H32O4. The van der Waals surface area contributed by atoms with E-state index in [0.29, 0.717) is 24.2 Å². The van der Waals surface area contributed by atoms with Crippen molar-refractivity contribution in [3.8, 4) is 0 Å². The summed E-state index contributed by atoms with van der Waals surface area (Å²) in [6.07, 6.45) is 9.24. The Hall–Kier alpha value is -1.16. The highest BCUT2D eigenvalue weighted by molar-refractivity contribution is 5.92. The number of carbonyl (C=O) groups excluding carboxylic acids is 2. The molecule has 0 aromatic carbocycles. The Balaban J connectivity index is 1.53. The second-order valence-electron chi connectivity index (χ2n) is 10.2. The maximum atomic E-state index is 12.1. The van der Waals surface area contributed by atoms with Crippen LogP contribution in [-0.4, -0.2) is 29.6 Å². The quantitative estimate of drug-likeness (QED) is 0.538. The van der Waals surface area contributed by atoms with Crippen LogP contribution >= 0.6 is 0 Å². The number of ether oxygens (including phenoxy) is 2. The number of hydrogen-bond acceptors (Lipinski definition) is 4. The highest BCUT2D eigenvalue weighted by atomic mass is 16.6. The van der Waals surface area contributed by atoms with Gasteiger partial charge in [0, 0.05) is 18.8 Å². The van der Waals surface area contributed by atoms with Crippen molar-refractivity contribution in [2.24, 2.45) is 28.6 Å². The molecule has 1 aliphatic heterocycles. The zero-order chi connectivity index (χ0) is 19.2. The molecule has 5 rings (SSSR count). The molecule has 4 heteroatoms. The van der Waals surface area contributed by atoms with E-state index in [1.165, 1.54) is 5.57 Å². The second kappa shape index (κ2) is 5.46. The van der Waals surface area contributed by atoms with Crippen molar-refractivity contribution in [1.29, 1.82) is 0 Å². The van der Waals surface area contributed by atoms with Crippen LogP contribution in [0.3, 0.4) is 0 Å². The number of rotatable bonds is 2. The highest BCUT2D eigenvalue weighted by Gasteiger charge is 2.71. The number of hydrogen-bond donors (Lipinski definition) is 0. The van der Waals surface area contributed by atoms with Gasteiger partial charge in [0.2, 0.25) is 0 Å². The van der Waals surface area contributed by atoms with Gasteiger partial charge in [0.1, 0.15) is 11.7 Å². The van der Waals surface area contributed by atoms with Crippen molar-refractivity contribution in [1.82, 2.24) is 0 Å². The second-order valence-corrected chi connectivity index (χ2v) is 10.2. The predicted octanol–water partition coefficient (Wildman–Crippen LogP) is 4.22. The summed E-state index contributed by atoms with van der Waals surface area (Å²) in [5, 5.41) is 0. The summed E-state index contributed by atoms with van der Waals surface area (Å²) in [7, 11) is 0. The van der Waals surface area contributed by atoms with Gasteiger partial charge >= 0.3 is 5.97 Å². The van der Waals surface area contributed by atoms with E-state index >= 15 is 0 Å². The van der Waals surface area contributed by atoms with E-state index in [2.05, 4.69) is 20.8 Å². The Kier molecular flexibility index (Phi) is 3.62. The van der Waals surface area contributed by atoms with Crippen molar-refractivity contribution in [3.05, 3.63) is 11.6 Å². The van der Waals surface area contributed by atoms with E-state index in [4.69, 9.17) is 9.47 Å². The van der Waals surface area contributed by atoms with Crippen LogP contribution in [0.1, 0.15) is 72.6 Å². The van der Waals surface area contributed by atoms with E-state index in [0.717, 1.165) is 38.5 Å². The van der Waals surface area contributed by atoms with Crippen molar-refractivity contribution in [2.45, 2.75) is 90.4 Å². The third-order valence-electron chi connectivity index (χ3n) is 9.43. The first-order valence-corrected chi connectivity index (χ1v) is 10.9. The smallest absolute Gasteiger partial charge is 0.303 e. The normalized spacial score (nSPS) is 52.8. The molecule has 8 atom stereocenters. The lowest BCUT2D eigenvalue weighted by molar-refractivity contribution is -0.182. The minimum absolute atomic E-state index is 0.0349. The SMILES string of the molecule is CC[C@@]1(OC(C)=O)CC[C@H]2[C@@H]3[C@@H]4O[C@@H]4C4=CC(=O)CC[C@]4(C)[C@H]3CC[C@@]21C. The third kappa shape index (κ3) is 2.14. The molecule has 1 heterocycles. The first-order valence-electron chi connectivity index (χ1n) is 10.9. The van der Waals surface area contributed by atoms with Crippen molar-refractivity contribution < 1.29 is 19.1 Å². The molecule has 3 saturated carbocycles. The summed E-state index contributed by atoms with van der Waals surface area (Å²) in [5.41, 5.74) is 1.11. The fourth-order valence-corrected chi connectivity index (χ4v) is 8.00. The first kappa shape index (κ1) is 17.9. The van der Waals surface area contributed by atoms with Crippen molar-refractivity contribution >= 4 is 11.8 Å². The Labute approximate surface area is 162 Å². The lowest BCUT2D eigenvalue weighted by atomic mass is 9.46. The number of epoxide rings is 1. The lowest BCUT2D eigenvalue weighted by Gasteiger charge is -2.58. The van der Waals surface area contributed by atoms with E-state index in [1.54, 1.807) is 6.92 Å². The Morgan fingerprint density at radius 3 is 2.67 bits per heavy atom. The first-order chi connectivity index (χ1) is 12.8. The van der Waals surface area contributed by atoms with Crippen molar-refractivity contribution in [3.63, 3.8) is 0 Å². The molecule has 27 heavy (non-hydrogen) atoms. The molecule has 4 nitrogen and oxygen atoms in total. The molecule has 5 aliphatic rings. The van der Waals surface area contributed by atoms with Gasteiger partial charge in [-0.25, -0.2) is 0 Å². The molecule has 0 radical (unpaired) electrons. The van der Waals surface area contributed by atoms with Gasteiger partial charge < -0.3 is 9.47 Å². The average Bonchev–Trinajstić information content (AvgIpc) is 3.35. The molecule has 0 amide bonds. The highest BCUT2D eigenvalue weighted by Crippen LogP contribution is 2.71. The van der Waals surface area contributed by atoms with Crippen LogP contribution in [0.15, 0.2) is 11.6 Å². The summed E-state index contributed by atoms with van der Waals surface area (Å²) >= 11 is 0. The molecule has 148 valence electrons. The summed E-state index contributed by atoms with van der Waals surface area (Å²) in [5.74, 6) is 1.79. The zero-order valence-corrected chi connectivity index (χ0v) is 17.0. The van der Waals surface area contributed by atoms with Crippen molar-refractivity contribution in [2.75, 3.05) is 0 Å². The van der Waals surface area contributed by atoms with Crippen LogP contribution in [0.2, 0.25) is 0 Å². The van der Waals surface area contributed by atoms with E-state index < -0.39 is 0 Å². The van der Waals surface area contributed by atoms with E-state index in [9.17, 15) is 9.59 Å². The molecule has 0 aromatic rings. The van der Waals surface area contributed by atoms with Crippen LogP contribution in [0.5, 0.6) is 0 Å². The van der Waals surface area contributed by atoms with Gasteiger partial charge in [-0.15, -0.1) is 0 Å². The standard InChI is InChI=1S/C23H32O4/c1-5-23(27-13(2)24)11-8-16-18-15(7-10-22(16,23)4)21(3)9-6-14(25)12-17(21)19-20(18)26-19/h12,15-16,18-20H,5-11H2,1-4H3/t15-,16-,18+,19+,20-,21+,22-,23+/m0/s1. The van der Waals surface area contributed by atoms with E-state index in [-0.39, 0.29) is 40.4 Å². The predicted molar refractivity (Wildman–Crippen MR) is 101 cm³/mol. The van der Waals surface area contributed by atoms with Gasteiger partial charge in [0.15, 0.2) is 5.78 Å². The summed E-state index contributed by atoms with van der Waals surface area (Å²) < 4.78 is 12.3. The molecule has 4 aliphatic carbocycles. The van der Waals surface area contributed by atoms with Gasteiger partial charge in [-0.1, -0.05) is 20.8 Å². The lowest BCUT2D eigenvalue weighted by Crippen LogP contribution is -2.57. The molecule has 0 unspecified atom stereocenters. The van der Waals surface area contributed by atoms with Gasteiger partial charge in [0.05, 0.1) is 6.10 Å². The molecule has 0 bridgehead atoms.